The summed E-state index contributed by atoms with van der Waals surface area (Å²) in [4.78, 5) is 0. The minimum absolute atomic E-state index is 0.527. The van der Waals surface area contributed by atoms with Crippen molar-refractivity contribution in [3.8, 4) is 11.5 Å². The normalized spacial score (nSPS) is 10.7. The SMILES string of the molecule is CCOc1ccc(NCc2cc(Br)ccc2OCc2cccc3ccccc23)cc1. The van der Waals surface area contributed by atoms with Gasteiger partial charge in [-0.2, -0.15) is 0 Å². The molecule has 4 heteroatoms. The van der Waals surface area contributed by atoms with Gasteiger partial charge in [0.25, 0.3) is 0 Å². The molecule has 0 aliphatic heterocycles. The van der Waals surface area contributed by atoms with Crippen LogP contribution in [0.25, 0.3) is 10.8 Å². The molecule has 30 heavy (non-hydrogen) atoms. The molecule has 0 aliphatic rings. The van der Waals surface area contributed by atoms with Crippen LogP contribution in [-0.2, 0) is 13.2 Å². The summed E-state index contributed by atoms with van der Waals surface area (Å²) in [6.45, 7) is 3.85. The van der Waals surface area contributed by atoms with E-state index in [1.54, 1.807) is 0 Å². The van der Waals surface area contributed by atoms with Crippen LogP contribution >= 0.6 is 15.9 Å². The molecule has 0 unspecified atom stereocenters. The van der Waals surface area contributed by atoms with E-state index in [0.29, 0.717) is 19.8 Å². The first-order valence-corrected chi connectivity index (χ1v) is 10.9. The third-order valence-electron chi connectivity index (χ3n) is 4.93. The van der Waals surface area contributed by atoms with Crippen LogP contribution in [-0.4, -0.2) is 6.61 Å². The number of hydrogen-bond acceptors (Lipinski definition) is 3. The Morgan fingerprint density at radius 2 is 1.60 bits per heavy atom. The monoisotopic (exact) mass is 461 g/mol. The zero-order chi connectivity index (χ0) is 20.8. The molecule has 4 aromatic rings. The van der Waals surface area contributed by atoms with Crippen molar-refractivity contribution < 1.29 is 9.47 Å². The van der Waals surface area contributed by atoms with Gasteiger partial charge in [0.05, 0.1) is 6.61 Å². The highest BCUT2D eigenvalue weighted by Crippen LogP contribution is 2.27. The lowest BCUT2D eigenvalue weighted by atomic mass is 10.1. The lowest BCUT2D eigenvalue weighted by molar-refractivity contribution is 0.304. The van der Waals surface area contributed by atoms with E-state index in [1.165, 1.54) is 16.3 Å². The maximum absolute atomic E-state index is 6.24. The van der Waals surface area contributed by atoms with Crippen molar-refractivity contribution in [2.75, 3.05) is 11.9 Å². The highest BCUT2D eigenvalue weighted by Gasteiger charge is 2.07. The van der Waals surface area contributed by atoms with Crippen molar-refractivity contribution in [2.45, 2.75) is 20.1 Å². The van der Waals surface area contributed by atoms with Crippen molar-refractivity contribution in [3.05, 3.63) is 101 Å². The number of nitrogens with one attached hydrogen (secondary N) is 1. The third-order valence-corrected chi connectivity index (χ3v) is 5.43. The molecule has 1 N–H and O–H groups in total. The van der Waals surface area contributed by atoms with Gasteiger partial charge in [-0.25, -0.2) is 0 Å². The summed E-state index contributed by atoms with van der Waals surface area (Å²) in [7, 11) is 0. The first kappa shape index (κ1) is 20.3. The fraction of sp³-hybridized carbons (Fsp3) is 0.154. The fourth-order valence-electron chi connectivity index (χ4n) is 3.43. The lowest BCUT2D eigenvalue weighted by Gasteiger charge is -2.15. The van der Waals surface area contributed by atoms with Crippen LogP contribution in [0.3, 0.4) is 0 Å². The Morgan fingerprint density at radius 1 is 0.800 bits per heavy atom. The Balaban J connectivity index is 1.47. The summed E-state index contributed by atoms with van der Waals surface area (Å²) in [6, 6.07) is 28.9. The summed E-state index contributed by atoms with van der Waals surface area (Å²) >= 11 is 3.58. The maximum Gasteiger partial charge on any atom is 0.124 e. The number of halogens is 1. The molecule has 0 bridgehead atoms. The summed E-state index contributed by atoms with van der Waals surface area (Å²) < 4.78 is 12.8. The van der Waals surface area contributed by atoms with E-state index in [1.807, 2.05) is 43.3 Å². The molecule has 0 atom stereocenters. The average molecular weight is 462 g/mol. The molecule has 0 aliphatic carbocycles. The minimum atomic E-state index is 0.527. The highest BCUT2D eigenvalue weighted by molar-refractivity contribution is 9.10. The molecule has 0 saturated carbocycles. The molecule has 152 valence electrons. The molecular formula is C26H24BrNO2. The number of rotatable bonds is 8. The van der Waals surface area contributed by atoms with Crippen LogP contribution < -0.4 is 14.8 Å². The second-order valence-corrected chi connectivity index (χ2v) is 7.91. The molecule has 0 saturated heterocycles. The van der Waals surface area contributed by atoms with Gasteiger partial charge in [0.2, 0.25) is 0 Å². The van der Waals surface area contributed by atoms with Crippen LogP contribution in [0.4, 0.5) is 5.69 Å². The Bertz CT molecular complexity index is 1120. The van der Waals surface area contributed by atoms with E-state index in [4.69, 9.17) is 9.47 Å². The summed E-state index contributed by atoms with van der Waals surface area (Å²) in [6.07, 6.45) is 0. The van der Waals surface area contributed by atoms with Crippen molar-refractivity contribution in [1.29, 1.82) is 0 Å². The van der Waals surface area contributed by atoms with Crippen LogP contribution in [0.1, 0.15) is 18.1 Å². The summed E-state index contributed by atoms with van der Waals surface area (Å²) in [5.41, 5.74) is 3.32. The Hall–Kier alpha value is -2.98. The standard InChI is InChI=1S/C26H24BrNO2/c1-2-29-24-13-11-23(12-14-24)28-17-21-16-22(27)10-15-26(21)30-18-20-8-5-7-19-6-3-4-9-25(19)20/h3-16,28H,2,17-18H2,1H3. The predicted octanol–water partition coefficient (Wildman–Crippen LogP) is 7.19. The van der Waals surface area contributed by atoms with Gasteiger partial charge in [-0.1, -0.05) is 58.4 Å². The summed E-state index contributed by atoms with van der Waals surface area (Å²) in [5, 5.41) is 5.93. The van der Waals surface area contributed by atoms with E-state index in [9.17, 15) is 0 Å². The number of ether oxygens (including phenoxy) is 2. The zero-order valence-electron chi connectivity index (χ0n) is 16.9. The topological polar surface area (TPSA) is 30.5 Å². The Kier molecular flexibility index (Phi) is 6.55. The van der Waals surface area contributed by atoms with Crippen LogP contribution in [0.5, 0.6) is 11.5 Å². The molecule has 4 rings (SSSR count). The molecule has 0 aromatic heterocycles. The third kappa shape index (κ3) is 4.95. The van der Waals surface area contributed by atoms with Gasteiger partial charge in [0.15, 0.2) is 0 Å². The molecule has 3 nitrogen and oxygen atoms in total. The smallest absolute Gasteiger partial charge is 0.124 e. The molecule has 0 spiro atoms. The number of fused-ring (bicyclic) bond motifs is 1. The van der Waals surface area contributed by atoms with Crippen LogP contribution in [0.15, 0.2) is 89.4 Å². The number of benzene rings is 4. The second kappa shape index (κ2) is 9.68. The molecule has 0 amide bonds. The first-order valence-electron chi connectivity index (χ1n) is 10.1. The van der Waals surface area contributed by atoms with Gasteiger partial charge in [-0.15, -0.1) is 0 Å². The minimum Gasteiger partial charge on any atom is -0.494 e. The van der Waals surface area contributed by atoms with Crippen LogP contribution in [0, 0.1) is 0 Å². The molecular weight excluding hydrogens is 438 g/mol. The lowest BCUT2D eigenvalue weighted by Crippen LogP contribution is -2.04. The zero-order valence-corrected chi connectivity index (χ0v) is 18.5. The van der Waals surface area contributed by atoms with E-state index in [-0.39, 0.29) is 0 Å². The van der Waals surface area contributed by atoms with Crippen molar-refractivity contribution >= 4 is 32.4 Å². The quantitative estimate of drug-likeness (QED) is 0.301. The fourth-order valence-corrected chi connectivity index (χ4v) is 3.84. The van der Waals surface area contributed by atoms with E-state index in [0.717, 1.165) is 27.2 Å². The van der Waals surface area contributed by atoms with Crippen molar-refractivity contribution in [1.82, 2.24) is 0 Å². The number of anilines is 1. The highest BCUT2D eigenvalue weighted by atomic mass is 79.9. The molecule has 0 radical (unpaired) electrons. The summed E-state index contributed by atoms with van der Waals surface area (Å²) in [5.74, 6) is 1.76. The Labute approximate surface area is 185 Å². The molecule has 4 aromatic carbocycles. The van der Waals surface area contributed by atoms with Gasteiger partial charge >= 0.3 is 0 Å². The van der Waals surface area contributed by atoms with E-state index >= 15 is 0 Å². The van der Waals surface area contributed by atoms with Gasteiger partial charge in [0.1, 0.15) is 18.1 Å². The van der Waals surface area contributed by atoms with E-state index < -0.39 is 0 Å². The largest absolute Gasteiger partial charge is 0.494 e. The van der Waals surface area contributed by atoms with Gasteiger partial charge in [0, 0.05) is 22.3 Å². The van der Waals surface area contributed by atoms with Crippen molar-refractivity contribution in [3.63, 3.8) is 0 Å². The molecule has 0 fully saturated rings. The average Bonchev–Trinajstić information content (AvgIpc) is 2.78. The van der Waals surface area contributed by atoms with Crippen molar-refractivity contribution in [2.24, 2.45) is 0 Å². The van der Waals surface area contributed by atoms with Gasteiger partial charge in [-0.3, -0.25) is 0 Å². The van der Waals surface area contributed by atoms with E-state index in [2.05, 4.69) is 69.8 Å². The first-order chi connectivity index (χ1) is 14.7. The van der Waals surface area contributed by atoms with Gasteiger partial charge < -0.3 is 14.8 Å². The predicted molar refractivity (Wildman–Crippen MR) is 127 cm³/mol. The maximum atomic E-state index is 6.24. The molecule has 0 heterocycles. The second-order valence-electron chi connectivity index (χ2n) is 6.99. The number of hydrogen-bond donors (Lipinski definition) is 1. The van der Waals surface area contributed by atoms with Crippen LogP contribution in [0.2, 0.25) is 0 Å². The van der Waals surface area contributed by atoms with Gasteiger partial charge in [-0.05, 0) is 65.7 Å². The Morgan fingerprint density at radius 3 is 2.43 bits per heavy atom.